The third-order valence-corrected chi connectivity index (χ3v) is 7.00. The van der Waals surface area contributed by atoms with E-state index in [-0.39, 0.29) is 35.3 Å². The van der Waals surface area contributed by atoms with E-state index in [4.69, 9.17) is 21.3 Å². The quantitative estimate of drug-likeness (QED) is 0.442. The fraction of sp³-hybridized carbons (Fsp3) is 0.273. The molecule has 1 atom stereocenters. The molecule has 1 unspecified atom stereocenters. The Labute approximate surface area is 207 Å². The van der Waals surface area contributed by atoms with E-state index in [0.717, 1.165) is 0 Å². The van der Waals surface area contributed by atoms with Gasteiger partial charge in [0.2, 0.25) is 5.88 Å². The van der Waals surface area contributed by atoms with Gasteiger partial charge in [0.05, 0.1) is 18.4 Å². The lowest BCUT2D eigenvalue weighted by atomic mass is 9.95. The number of amidine groups is 1. The van der Waals surface area contributed by atoms with E-state index < -0.39 is 17.8 Å². The molecule has 0 aliphatic carbocycles. The summed E-state index contributed by atoms with van der Waals surface area (Å²) in [5.74, 6) is -0.865. The molecule has 0 radical (unpaired) electrons. The number of rotatable bonds is 5. The van der Waals surface area contributed by atoms with Crippen molar-refractivity contribution in [3.05, 3.63) is 78.6 Å². The zero-order valence-corrected chi connectivity index (χ0v) is 20.0. The number of hydrogen-bond donors (Lipinski definition) is 3. The molecule has 3 aromatic rings. The van der Waals surface area contributed by atoms with Crippen molar-refractivity contribution in [3.8, 4) is 5.88 Å². The number of carbonyl (C=O) groups is 1. The van der Waals surface area contributed by atoms with Crippen LogP contribution in [0.2, 0.25) is 5.02 Å². The highest BCUT2D eigenvalue weighted by Crippen LogP contribution is 2.37. The Hall–Kier alpha value is -3.48. The predicted octanol–water partition coefficient (Wildman–Crippen LogP) is 2.17. The predicted molar refractivity (Wildman–Crippen MR) is 127 cm³/mol. The minimum Gasteiger partial charge on any atom is -0.493 e. The fourth-order valence-corrected chi connectivity index (χ4v) is 5.11. The Bertz CT molecular complexity index is 1410. The summed E-state index contributed by atoms with van der Waals surface area (Å²) in [5.41, 5.74) is 1.27. The molecule has 0 saturated carbocycles. The molecule has 2 aliphatic rings. The zero-order chi connectivity index (χ0) is 24.7. The summed E-state index contributed by atoms with van der Waals surface area (Å²) in [6.45, 7) is 1.39. The third-order valence-electron chi connectivity index (χ3n) is 5.89. The minimum absolute atomic E-state index is 0.124. The average molecular weight is 519 g/mol. The summed E-state index contributed by atoms with van der Waals surface area (Å²) in [7, 11) is 1.27. The second-order valence-electron chi connectivity index (χ2n) is 7.98. The van der Waals surface area contributed by atoms with E-state index in [1.807, 2.05) is 4.90 Å². The molecule has 2 aliphatic heterocycles. The lowest BCUT2D eigenvalue weighted by molar-refractivity contribution is -0.136. The van der Waals surface area contributed by atoms with Gasteiger partial charge in [-0.2, -0.15) is 0 Å². The largest absolute Gasteiger partial charge is 0.493 e. The number of aromatic hydroxyl groups is 1. The van der Waals surface area contributed by atoms with Gasteiger partial charge in [-0.15, -0.1) is 11.3 Å². The SMILES string of the molecule is COC(=O)C1=C(CN2CCn3c(c(O)[nH]c3=O)C2)NC(c2nccs2)=NC1c1ccc(F)cc1Cl. The number of nitrogens with one attached hydrogen (secondary N) is 2. The maximum absolute atomic E-state index is 13.8. The number of H-pyrrole nitrogens is 1. The number of thiazole rings is 1. The molecule has 4 heterocycles. The van der Waals surface area contributed by atoms with Gasteiger partial charge in [0.15, 0.2) is 10.8 Å². The number of aromatic nitrogens is 3. The molecule has 0 spiro atoms. The number of fused-ring (bicyclic) bond motifs is 1. The molecule has 182 valence electrons. The smallest absolute Gasteiger partial charge is 0.338 e. The van der Waals surface area contributed by atoms with Crippen molar-refractivity contribution in [1.29, 1.82) is 0 Å². The second kappa shape index (κ2) is 9.29. The van der Waals surface area contributed by atoms with Crippen molar-refractivity contribution in [2.75, 3.05) is 20.2 Å². The normalized spacial score (nSPS) is 18.1. The Morgan fingerprint density at radius 1 is 1.40 bits per heavy atom. The molecule has 3 N–H and O–H groups in total. The maximum Gasteiger partial charge on any atom is 0.338 e. The summed E-state index contributed by atoms with van der Waals surface area (Å²) in [6.07, 6.45) is 1.64. The molecule has 0 bridgehead atoms. The summed E-state index contributed by atoms with van der Waals surface area (Å²) in [5, 5.41) is 15.9. The van der Waals surface area contributed by atoms with Crippen molar-refractivity contribution < 1.29 is 19.0 Å². The van der Waals surface area contributed by atoms with Crippen molar-refractivity contribution in [1.82, 2.24) is 24.8 Å². The molecule has 0 amide bonds. The van der Waals surface area contributed by atoms with Crippen LogP contribution >= 0.6 is 22.9 Å². The summed E-state index contributed by atoms with van der Waals surface area (Å²) in [4.78, 5) is 38.4. The molecule has 1 aromatic carbocycles. The topological polar surface area (TPSA) is 125 Å². The van der Waals surface area contributed by atoms with Crippen molar-refractivity contribution in [2.24, 2.45) is 4.99 Å². The van der Waals surface area contributed by atoms with Crippen LogP contribution in [0.1, 0.15) is 22.3 Å². The Morgan fingerprint density at radius 2 is 2.23 bits per heavy atom. The van der Waals surface area contributed by atoms with Crippen LogP contribution in [0.25, 0.3) is 0 Å². The number of halogens is 2. The number of nitrogens with zero attached hydrogens (tertiary/aromatic N) is 4. The van der Waals surface area contributed by atoms with Crippen LogP contribution in [0.15, 0.2) is 50.8 Å². The van der Waals surface area contributed by atoms with Crippen LogP contribution in [-0.4, -0.2) is 56.5 Å². The highest BCUT2D eigenvalue weighted by atomic mass is 35.5. The van der Waals surface area contributed by atoms with Gasteiger partial charge in [-0.25, -0.2) is 19.0 Å². The molecule has 5 rings (SSSR count). The first kappa shape index (κ1) is 23.3. The highest BCUT2D eigenvalue weighted by Gasteiger charge is 2.35. The van der Waals surface area contributed by atoms with E-state index in [9.17, 15) is 19.1 Å². The van der Waals surface area contributed by atoms with Gasteiger partial charge < -0.3 is 15.2 Å². The number of imidazole rings is 1. The molecule has 35 heavy (non-hydrogen) atoms. The molecule has 13 heteroatoms. The lowest BCUT2D eigenvalue weighted by Crippen LogP contribution is -2.43. The number of aliphatic imine (C=N–C) groups is 1. The molecular weight excluding hydrogens is 499 g/mol. The number of esters is 1. The molecule has 10 nitrogen and oxygen atoms in total. The fourth-order valence-electron chi connectivity index (χ4n) is 4.25. The Morgan fingerprint density at radius 3 is 2.94 bits per heavy atom. The van der Waals surface area contributed by atoms with E-state index in [0.29, 0.717) is 40.9 Å². The van der Waals surface area contributed by atoms with Crippen molar-refractivity contribution in [3.63, 3.8) is 0 Å². The average Bonchev–Trinajstić information content (AvgIpc) is 3.47. The Balaban J connectivity index is 1.58. The first-order chi connectivity index (χ1) is 16.9. The summed E-state index contributed by atoms with van der Waals surface area (Å²) in [6, 6.07) is 3.06. The second-order valence-corrected chi connectivity index (χ2v) is 9.28. The van der Waals surface area contributed by atoms with Crippen LogP contribution in [0, 0.1) is 5.82 Å². The van der Waals surface area contributed by atoms with Gasteiger partial charge in [0, 0.05) is 54.0 Å². The van der Waals surface area contributed by atoms with E-state index >= 15 is 0 Å². The number of carbonyl (C=O) groups excluding carboxylic acids is 1. The maximum atomic E-state index is 13.8. The molecule has 0 saturated heterocycles. The molecule has 2 aromatic heterocycles. The van der Waals surface area contributed by atoms with E-state index in [1.165, 1.54) is 41.2 Å². The van der Waals surface area contributed by atoms with Gasteiger partial charge in [0.1, 0.15) is 11.9 Å². The standard InChI is InChI=1S/C22H20ClFN6O4S/c1-34-21(32)16-14(9-29-5-6-30-15(10-29)19(31)28-22(30)33)26-18(20-25-4-7-35-20)27-17(16)12-3-2-11(24)8-13(12)23/h2-4,7-8,17,31H,5-6,9-10H2,1H3,(H,26,27)(H,28,33). The first-order valence-corrected chi connectivity index (χ1v) is 11.9. The van der Waals surface area contributed by atoms with Crippen molar-refractivity contribution in [2.45, 2.75) is 19.1 Å². The number of aromatic amines is 1. The van der Waals surface area contributed by atoms with Crippen LogP contribution in [0.3, 0.4) is 0 Å². The van der Waals surface area contributed by atoms with Crippen LogP contribution in [0.4, 0.5) is 4.39 Å². The van der Waals surface area contributed by atoms with Crippen LogP contribution < -0.4 is 11.0 Å². The third kappa shape index (κ3) is 4.35. The van der Waals surface area contributed by atoms with E-state index in [1.54, 1.807) is 11.6 Å². The number of hydrogen-bond acceptors (Lipinski definition) is 9. The first-order valence-electron chi connectivity index (χ1n) is 10.6. The van der Waals surface area contributed by atoms with Gasteiger partial charge >= 0.3 is 11.7 Å². The van der Waals surface area contributed by atoms with E-state index in [2.05, 4.69) is 15.3 Å². The molecule has 0 fully saturated rings. The van der Waals surface area contributed by atoms with Crippen LogP contribution in [-0.2, 0) is 22.6 Å². The lowest BCUT2D eigenvalue weighted by Gasteiger charge is -2.32. The number of methoxy groups -OCH3 is 1. The Kier molecular flexibility index (Phi) is 6.17. The highest BCUT2D eigenvalue weighted by molar-refractivity contribution is 7.11. The zero-order valence-electron chi connectivity index (χ0n) is 18.4. The van der Waals surface area contributed by atoms with Gasteiger partial charge in [-0.3, -0.25) is 19.4 Å². The monoisotopic (exact) mass is 518 g/mol. The molecular formula is C22H20ClFN6O4S. The van der Waals surface area contributed by atoms with Crippen molar-refractivity contribution >= 4 is 34.7 Å². The summed E-state index contributed by atoms with van der Waals surface area (Å²) >= 11 is 7.74. The van der Waals surface area contributed by atoms with Gasteiger partial charge in [-0.05, 0) is 12.1 Å². The van der Waals surface area contributed by atoms with Gasteiger partial charge in [0.25, 0.3) is 0 Å². The number of ether oxygens (including phenoxy) is 1. The van der Waals surface area contributed by atoms with Crippen LogP contribution in [0.5, 0.6) is 5.88 Å². The summed E-state index contributed by atoms with van der Waals surface area (Å²) < 4.78 is 20.3. The minimum atomic E-state index is -0.866. The van der Waals surface area contributed by atoms with Gasteiger partial charge in [-0.1, -0.05) is 17.7 Å². The number of benzene rings is 1.